The van der Waals surface area contributed by atoms with Crippen molar-refractivity contribution in [1.82, 2.24) is 5.32 Å². The standard InChI is InChI=1S/C18H23NO2/c1-14(19-2)17-6-4-5-7-18(17)21-13-12-15-8-10-16(20-3)11-9-15/h4-11,14,19H,12-13H2,1-3H3. The lowest BCUT2D eigenvalue weighted by Crippen LogP contribution is -2.14. The van der Waals surface area contributed by atoms with E-state index in [2.05, 4.69) is 30.4 Å². The fourth-order valence-electron chi connectivity index (χ4n) is 2.20. The van der Waals surface area contributed by atoms with Gasteiger partial charge in [-0.05, 0) is 37.7 Å². The van der Waals surface area contributed by atoms with Gasteiger partial charge >= 0.3 is 0 Å². The molecule has 1 unspecified atom stereocenters. The Morgan fingerprint density at radius 1 is 1.05 bits per heavy atom. The highest BCUT2D eigenvalue weighted by Gasteiger charge is 2.08. The van der Waals surface area contributed by atoms with Crippen molar-refractivity contribution in [2.24, 2.45) is 0 Å². The smallest absolute Gasteiger partial charge is 0.124 e. The first-order valence-electron chi connectivity index (χ1n) is 7.26. The van der Waals surface area contributed by atoms with Gasteiger partial charge in [0.15, 0.2) is 0 Å². The molecule has 3 nitrogen and oxygen atoms in total. The van der Waals surface area contributed by atoms with Crippen LogP contribution in [-0.2, 0) is 6.42 Å². The first-order valence-corrected chi connectivity index (χ1v) is 7.26. The lowest BCUT2D eigenvalue weighted by atomic mass is 10.1. The number of nitrogens with one attached hydrogen (secondary N) is 1. The van der Waals surface area contributed by atoms with Crippen LogP contribution in [0.1, 0.15) is 24.1 Å². The summed E-state index contributed by atoms with van der Waals surface area (Å²) in [5.74, 6) is 1.83. The third-order valence-corrected chi connectivity index (χ3v) is 3.63. The van der Waals surface area contributed by atoms with Crippen molar-refractivity contribution in [2.75, 3.05) is 20.8 Å². The predicted molar refractivity (Wildman–Crippen MR) is 86.1 cm³/mol. The molecule has 1 atom stereocenters. The number of hydrogen-bond acceptors (Lipinski definition) is 3. The zero-order chi connectivity index (χ0) is 15.1. The van der Waals surface area contributed by atoms with E-state index in [1.807, 2.05) is 37.4 Å². The number of ether oxygens (including phenoxy) is 2. The molecule has 0 heterocycles. The van der Waals surface area contributed by atoms with Crippen LogP contribution in [0.25, 0.3) is 0 Å². The number of para-hydroxylation sites is 1. The maximum absolute atomic E-state index is 5.95. The maximum atomic E-state index is 5.95. The van der Waals surface area contributed by atoms with Crippen LogP contribution in [0.3, 0.4) is 0 Å². The topological polar surface area (TPSA) is 30.5 Å². The first-order chi connectivity index (χ1) is 10.2. The van der Waals surface area contributed by atoms with Crippen LogP contribution in [0.5, 0.6) is 11.5 Å². The minimum atomic E-state index is 0.280. The first kappa shape index (κ1) is 15.4. The minimum Gasteiger partial charge on any atom is -0.497 e. The van der Waals surface area contributed by atoms with Gasteiger partial charge in [0.2, 0.25) is 0 Å². The molecule has 0 saturated carbocycles. The minimum absolute atomic E-state index is 0.280. The second kappa shape index (κ2) is 7.70. The molecule has 0 aliphatic carbocycles. The highest BCUT2D eigenvalue weighted by molar-refractivity contribution is 5.35. The van der Waals surface area contributed by atoms with Gasteiger partial charge in [0.1, 0.15) is 11.5 Å². The molecular weight excluding hydrogens is 262 g/mol. The lowest BCUT2D eigenvalue weighted by molar-refractivity contribution is 0.315. The summed E-state index contributed by atoms with van der Waals surface area (Å²) in [6.07, 6.45) is 0.881. The average molecular weight is 285 g/mol. The van der Waals surface area contributed by atoms with E-state index in [0.29, 0.717) is 6.61 Å². The summed E-state index contributed by atoms with van der Waals surface area (Å²) in [5, 5.41) is 3.25. The Balaban J connectivity index is 1.93. The summed E-state index contributed by atoms with van der Waals surface area (Å²) < 4.78 is 11.1. The van der Waals surface area contributed by atoms with Gasteiger partial charge in [0, 0.05) is 18.0 Å². The van der Waals surface area contributed by atoms with Crippen LogP contribution in [0, 0.1) is 0 Å². The third-order valence-electron chi connectivity index (χ3n) is 3.63. The molecule has 0 aliphatic rings. The number of benzene rings is 2. The number of rotatable bonds is 7. The van der Waals surface area contributed by atoms with Gasteiger partial charge in [-0.2, -0.15) is 0 Å². The van der Waals surface area contributed by atoms with Crippen molar-refractivity contribution in [2.45, 2.75) is 19.4 Å². The van der Waals surface area contributed by atoms with Gasteiger partial charge in [0.05, 0.1) is 13.7 Å². The Morgan fingerprint density at radius 2 is 1.76 bits per heavy atom. The fourth-order valence-corrected chi connectivity index (χ4v) is 2.20. The van der Waals surface area contributed by atoms with E-state index in [9.17, 15) is 0 Å². The van der Waals surface area contributed by atoms with Crippen LogP contribution in [0.2, 0.25) is 0 Å². The molecule has 0 aliphatic heterocycles. The maximum Gasteiger partial charge on any atom is 0.124 e. The molecule has 21 heavy (non-hydrogen) atoms. The third kappa shape index (κ3) is 4.23. The van der Waals surface area contributed by atoms with Gasteiger partial charge < -0.3 is 14.8 Å². The zero-order valence-electron chi connectivity index (χ0n) is 12.9. The summed E-state index contributed by atoms with van der Waals surface area (Å²) in [6.45, 7) is 2.80. The molecule has 112 valence electrons. The second-order valence-corrected chi connectivity index (χ2v) is 4.99. The molecule has 0 aromatic heterocycles. The van der Waals surface area contributed by atoms with E-state index in [4.69, 9.17) is 9.47 Å². The Morgan fingerprint density at radius 3 is 2.43 bits per heavy atom. The van der Waals surface area contributed by atoms with Crippen LogP contribution >= 0.6 is 0 Å². The summed E-state index contributed by atoms with van der Waals surface area (Å²) in [7, 11) is 3.64. The van der Waals surface area contributed by atoms with Crippen molar-refractivity contribution in [3.8, 4) is 11.5 Å². The second-order valence-electron chi connectivity index (χ2n) is 4.99. The van der Waals surface area contributed by atoms with Gasteiger partial charge in [-0.15, -0.1) is 0 Å². The van der Waals surface area contributed by atoms with Crippen molar-refractivity contribution in [3.63, 3.8) is 0 Å². The van der Waals surface area contributed by atoms with Crippen LogP contribution in [0.15, 0.2) is 48.5 Å². The molecule has 2 rings (SSSR count). The van der Waals surface area contributed by atoms with Crippen molar-refractivity contribution >= 4 is 0 Å². The molecule has 2 aromatic carbocycles. The molecule has 1 N–H and O–H groups in total. The summed E-state index contributed by atoms with van der Waals surface area (Å²) >= 11 is 0. The van der Waals surface area contributed by atoms with E-state index in [-0.39, 0.29) is 6.04 Å². The fraction of sp³-hybridized carbons (Fsp3) is 0.333. The van der Waals surface area contributed by atoms with E-state index >= 15 is 0 Å². The quantitative estimate of drug-likeness (QED) is 0.843. The number of hydrogen-bond donors (Lipinski definition) is 1. The van der Waals surface area contributed by atoms with Crippen LogP contribution < -0.4 is 14.8 Å². The van der Waals surface area contributed by atoms with E-state index in [1.165, 1.54) is 11.1 Å². The van der Waals surface area contributed by atoms with Gasteiger partial charge in [-0.3, -0.25) is 0 Å². The van der Waals surface area contributed by atoms with Gasteiger partial charge in [-0.1, -0.05) is 30.3 Å². The highest BCUT2D eigenvalue weighted by Crippen LogP contribution is 2.24. The molecule has 0 amide bonds. The monoisotopic (exact) mass is 285 g/mol. The Labute approximate surface area is 126 Å². The Hall–Kier alpha value is -2.00. The van der Waals surface area contributed by atoms with Gasteiger partial charge in [0.25, 0.3) is 0 Å². The summed E-state index contributed by atoms with van der Waals surface area (Å²) in [5.41, 5.74) is 2.43. The van der Waals surface area contributed by atoms with E-state index < -0.39 is 0 Å². The predicted octanol–water partition coefficient (Wildman–Crippen LogP) is 3.60. The molecule has 0 bridgehead atoms. The molecule has 0 saturated heterocycles. The number of methoxy groups -OCH3 is 1. The normalized spacial score (nSPS) is 12.0. The van der Waals surface area contributed by atoms with Crippen LogP contribution in [0.4, 0.5) is 0 Å². The molecule has 3 heteroatoms. The molecule has 0 radical (unpaired) electrons. The lowest BCUT2D eigenvalue weighted by Gasteiger charge is -2.16. The molecule has 0 fully saturated rings. The Kier molecular flexibility index (Phi) is 5.64. The zero-order valence-corrected chi connectivity index (χ0v) is 12.9. The highest BCUT2D eigenvalue weighted by atomic mass is 16.5. The van der Waals surface area contributed by atoms with E-state index in [0.717, 1.165) is 17.9 Å². The Bertz CT molecular complexity index is 551. The van der Waals surface area contributed by atoms with Gasteiger partial charge in [-0.25, -0.2) is 0 Å². The summed E-state index contributed by atoms with van der Waals surface area (Å²) in [4.78, 5) is 0. The van der Waals surface area contributed by atoms with Crippen molar-refractivity contribution in [1.29, 1.82) is 0 Å². The van der Waals surface area contributed by atoms with Crippen molar-refractivity contribution in [3.05, 3.63) is 59.7 Å². The SMILES string of the molecule is CNC(C)c1ccccc1OCCc1ccc(OC)cc1. The molecule has 0 spiro atoms. The average Bonchev–Trinajstić information content (AvgIpc) is 2.55. The van der Waals surface area contributed by atoms with E-state index in [1.54, 1.807) is 7.11 Å². The molecule has 2 aromatic rings. The summed E-state index contributed by atoms with van der Waals surface area (Å²) in [6, 6.07) is 16.6. The van der Waals surface area contributed by atoms with Crippen LogP contribution in [-0.4, -0.2) is 20.8 Å². The molecular formula is C18H23NO2. The van der Waals surface area contributed by atoms with Crippen molar-refractivity contribution < 1.29 is 9.47 Å². The largest absolute Gasteiger partial charge is 0.497 e.